The van der Waals surface area contributed by atoms with Gasteiger partial charge in [-0.2, -0.15) is 0 Å². The van der Waals surface area contributed by atoms with Crippen LogP contribution in [0.2, 0.25) is 0 Å². The second-order valence-corrected chi connectivity index (χ2v) is 14.2. The summed E-state index contributed by atoms with van der Waals surface area (Å²) in [5.74, 6) is -0.112. The lowest BCUT2D eigenvalue weighted by Gasteiger charge is -2.30. The number of likely N-dealkylation sites (N-methyl/N-ethyl adjacent to an activating group) is 1. The predicted octanol–water partition coefficient (Wildman–Crippen LogP) is 5.20. The molecule has 0 radical (unpaired) electrons. The standard InChI is InChI=1S/C34H36FN5O3S/c1-34(2)14-24-22-7-10-40(33(43)31(22)44-29(24)15-34)28-13-21(35)12-23(25(28)18-41)20-11-27(32(42)39(4)17-20)37-30-6-5-19-16-38(3)9-8-26(19)36-30/h5-6,11-13,17,41H,7-10,14-16,18H2,1-4H3,(H,36,37). The first-order chi connectivity index (χ1) is 21.0. The molecule has 2 N–H and O–H groups in total. The molecule has 0 unspecified atom stereocenters. The van der Waals surface area contributed by atoms with Crippen molar-refractivity contribution >= 4 is 34.4 Å². The van der Waals surface area contributed by atoms with Crippen molar-refractivity contribution < 1.29 is 14.3 Å². The van der Waals surface area contributed by atoms with Gasteiger partial charge in [0.1, 0.15) is 17.3 Å². The number of hydrogen-bond donors (Lipinski definition) is 2. The predicted molar refractivity (Wildman–Crippen MR) is 171 cm³/mol. The van der Waals surface area contributed by atoms with Crippen molar-refractivity contribution in [1.82, 2.24) is 14.5 Å². The van der Waals surface area contributed by atoms with E-state index >= 15 is 4.39 Å². The monoisotopic (exact) mass is 613 g/mol. The van der Waals surface area contributed by atoms with Crippen molar-refractivity contribution in [2.24, 2.45) is 12.5 Å². The Morgan fingerprint density at radius 1 is 1.07 bits per heavy atom. The van der Waals surface area contributed by atoms with E-state index in [1.54, 1.807) is 35.5 Å². The summed E-state index contributed by atoms with van der Waals surface area (Å²) < 4.78 is 16.8. The maximum atomic E-state index is 15.3. The van der Waals surface area contributed by atoms with E-state index in [-0.39, 0.29) is 22.6 Å². The fraction of sp³-hybridized carbons (Fsp3) is 0.382. The van der Waals surface area contributed by atoms with Gasteiger partial charge >= 0.3 is 0 Å². The van der Waals surface area contributed by atoms with Crippen molar-refractivity contribution in [3.63, 3.8) is 0 Å². The number of fused-ring (bicyclic) bond motifs is 4. The van der Waals surface area contributed by atoms with E-state index in [2.05, 4.69) is 31.1 Å². The zero-order valence-electron chi connectivity index (χ0n) is 25.5. The molecule has 7 rings (SSSR count). The van der Waals surface area contributed by atoms with Gasteiger partial charge in [-0.3, -0.25) is 9.59 Å². The first-order valence-electron chi connectivity index (χ1n) is 15.1. The summed E-state index contributed by atoms with van der Waals surface area (Å²) in [7, 11) is 3.72. The number of rotatable bonds is 5. The summed E-state index contributed by atoms with van der Waals surface area (Å²) in [5.41, 5.74) is 6.62. The van der Waals surface area contributed by atoms with Crippen LogP contribution >= 0.6 is 11.3 Å². The summed E-state index contributed by atoms with van der Waals surface area (Å²) in [6.07, 6.45) is 5.07. The molecule has 44 heavy (non-hydrogen) atoms. The zero-order valence-corrected chi connectivity index (χ0v) is 26.3. The highest BCUT2D eigenvalue weighted by molar-refractivity contribution is 7.14. The minimum absolute atomic E-state index is 0.151. The molecule has 0 bridgehead atoms. The third-order valence-corrected chi connectivity index (χ3v) is 10.4. The van der Waals surface area contributed by atoms with E-state index in [1.165, 1.54) is 32.7 Å². The summed E-state index contributed by atoms with van der Waals surface area (Å²) in [6.45, 7) is 6.27. The van der Waals surface area contributed by atoms with Gasteiger partial charge in [0.15, 0.2) is 0 Å². The molecule has 0 fully saturated rings. The minimum Gasteiger partial charge on any atom is -0.392 e. The lowest BCUT2D eigenvalue weighted by molar-refractivity contribution is 0.0984. The van der Waals surface area contributed by atoms with E-state index < -0.39 is 12.4 Å². The number of hydrogen-bond acceptors (Lipinski definition) is 7. The summed E-state index contributed by atoms with van der Waals surface area (Å²) in [5, 5.41) is 13.8. The molecule has 0 spiro atoms. The number of anilines is 3. The highest BCUT2D eigenvalue weighted by atomic mass is 32.1. The molecule has 2 aliphatic heterocycles. The quantitative estimate of drug-likeness (QED) is 0.322. The van der Waals surface area contributed by atoms with Crippen LogP contribution in [0, 0.1) is 11.2 Å². The Morgan fingerprint density at radius 3 is 2.68 bits per heavy atom. The Morgan fingerprint density at radius 2 is 1.89 bits per heavy atom. The molecule has 4 aromatic rings. The SMILES string of the molecule is CN1CCc2nc(Nc3cc(-c4cc(F)cc(N5CCc6c(sc7c6CC(C)(C)C7)C5=O)c4CO)cn(C)c3=O)ccc2C1. The summed E-state index contributed by atoms with van der Waals surface area (Å²) in [6, 6.07) is 8.24. The van der Waals surface area contributed by atoms with Gasteiger partial charge < -0.3 is 24.8 Å². The van der Waals surface area contributed by atoms with Crippen molar-refractivity contribution in [3.05, 3.63) is 90.4 Å². The highest BCUT2D eigenvalue weighted by Gasteiger charge is 2.38. The van der Waals surface area contributed by atoms with Gasteiger partial charge in [0.25, 0.3) is 11.5 Å². The maximum Gasteiger partial charge on any atom is 0.274 e. The number of halogens is 1. The fourth-order valence-electron chi connectivity index (χ4n) is 6.99. The number of nitrogens with zero attached hydrogens (tertiary/aromatic N) is 4. The molecule has 3 aromatic heterocycles. The maximum absolute atomic E-state index is 15.3. The Hall–Kier alpha value is -3.86. The third-order valence-electron chi connectivity index (χ3n) is 9.16. The Bertz CT molecular complexity index is 1890. The topological polar surface area (TPSA) is 90.7 Å². The van der Waals surface area contributed by atoms with Gasteiger partial charge in [-0.15, -0.1) is 11.3 Å². The number of nitrogens with one attached hydrogen (secondary N) is 1. The zero-order chi connectivity index (χ0) is 30.9. The van der Waals surface area contributed by atoms with E-state index in [4.69, 9.17) is 4.98 Å². The van der Waals surface area contributed by atoms with Gasteiger partial charge in [0, 0.05) is 61.0 Å². The largest absolute Gasteiger partial charge is 0.392 e. The average molecular weight is 614 g/mol. The van der Waals surface area contributed by atoms with Crippen LogP contribution in [-0.4, -0.2) is 45.6 Å². The number of aliphatic hydroxyl groups is 1. The normalized spacial score (nSPS) is 17.4. The molecule has 0 saturated heterocycles. The Balaban J connectivity index is 1.25. The lowest BCUT2D eigenvalue weighted by Crippen LogP contribution is -2.38. The molecule has 1 amide bonds. The van der Waals surface area contributed by atoms with Crippen LogP contribution < -0.4 is 15.8 Å². The average Bonchev–Trinajstić information content (AvgIpc) is 3.47. The molecular weight excluding hydrogens is 577 g/mol. The van der Waals surface area contributed by atoms with Crippen molar-refractivity contribution in [3.8, 4) is 11.1 Å². The van der Waals surface area contributed by atoms with Crippen molar-refractivity contribution in [1.29, 1.82) is 0 Å². The molecule has 228 valence electrons. The first-order valence-corrected chi connectivity index (χ1v) is 15.9. The fourth-order valence-corrected chi connectivity index (χ4v) is 8.56. The van der Waals surface area contributed by atoms with Gasteiger partial charge in [-0.25, -0.2) is 9.37 Å². The van der Waals surface area contributed by atoms with Crippen LogP contribution in [0.5, 0.6) is 0 Å². The van der Waals surface area contributed by atoms with E-state index in [0.717, 1.165) is 48.5 Å². The van der Waals surface area contributed by atoms with E-state index in [9.17, 15) is 14.7 Å². The molecule has 0 saturated carbocycles. The third kappa shape index (κ3) is 4.95. The van der Waals surface area contributed by atoms with Gasteiger partial charge in [0.2, 0.25) is 0 Å². The number of benzene rings is 1. The number of aromatic nitrogens is 2. The smallest absolute Gasteiger partial charge is 0.274 e. The number of thiophene rings is 1. The van der Waals surface area contributed by atoms with Gasteiger partial charge in [-0.1, -0.05) is 19.9 Å². The first kappa shape index (κ1) is 28.9. The molecule has 0 atom stereocenters. The van der Waals surface area contributed by atoms with Crippen LogP contribution in [0.25, 0.3) is 11.1 Å². The molecule has 1 aliphatic carbocycles. The molecule has 5 heterocycles. The molecule has 10 heteroatoms. The van der Waals surface area contributed by atoms with Gasteiger partial charge in [0.05, 0.1) is 17.2 Å². The van der Waals surface area contributed by atoms with Crippen LogP contribution in [0.15, 0.2) is 41.3 Å². The Kier molecular flexibility index (Phi) is 6.99. The van der Waals surface area contributed by atoms with Crippen LogP contribution in [0.4, 0.5) is 21.6 Å². The highest BCUT2D eigenvalue weighted by Crippen LogP contribution is 2.46. The molecular formula is C34H36FN5O3S. The Labute approximate surface area is 259 Å². The summed E-state index contributed by atoms with van der Waals surface area (Å²) in [4.78, 5) is 37.6. The number of amides is 1. The summed E-state index contributed by atoms with van der Waals surface area (Å²) >= 11 is 1.56. The minimum atomic E-state index is -0.522. The second-order valence-electron chi connectivity index (χ2n) is 13.1. The van der Waals surface area contributed by atoms with E-state index in [0.29, 0.717) is 41.2 Å². The number of carbonyl (C=O) groups is 1. The van der Waals surface area contributed by atoms with Gasteiger partial charge in [-0.05, 0) is 78.2 Å². The number of pyridine rings is 2. The van der Waals surface area contributed by atoms with Crippen LogP contribution in [-0.2, 0) is 45.9 Å². The molecule has 8 nitrogen and oxygen atoms in total. The van der Waals surface area contributed by atoms with Crippen LogP contribution in [0.1, 0.15) is 56.3 Å². The van der Waals surface area contributed by atoms with Crippen molar-refractivity contribution in [2.45, 2.75) is 52.7 Å². The van der Waals surface area contributed by atoms with Crippen LogP contribution in [0.3, 0.4) is 0 Å². The number of aliphatic hydroxyl groups excluding tert-OH is 1. The molecule has 3 aliphatic rings. The van der Waals surface area contributed by atoms with Crippen molar-refractivity contribution in [2.75, 3.05) is 30.4 Å². The number of carbonyl (C=O) groups excluding carboxylic acids is 1. The second kappa shape index (κ2) is 10.6. The number of aryl methyl sites for hydroxylation is 1. The molecule has 1 aromatic carbocycles. The lowest BCUT2D eigenvalue weighted by atomic mass is 9.89. The van der Waals surface area contributed by atoms with E-state index in [1.807, 2.05) is 12.1 Å².